The van der Waals surface area contributed by atoms with Gasteiger partial charge in [0.15, 0.2) is 5.12 Å². The van der Waals surface area contributed by atoms with Gasteiger partial charge in [0.25, 0.3) is 0 Å². The molecule has 1 rings (SSSR count). The number of nitrogens with two attached hydrogens (primary N) is 1. The fourth-order valence-electron chi connectivity index (χ4n) is 1.46. The molecule has 0 spiro atoms. The minimum Gasteiger partial charge on any atom is -0.399 e. The largest absolute Gasteiger partial charge is 0.399 e. The number of anilines is 1. The summed E-state index contributed by atoms with van der Waals surface area (Å²) < 4.78 is 0. The molecular formula is C13H17NOS. The van der Waals surface area contributed by atoms with Crippen LogP contribution in [0.1, 0.15) is 25.3 Å². The third kappa shape index (κ3) is 5.21. The van der Waals surface area contributed by atoms with E-state index in [1.54, 1.807) is 6.92 Å². The van der Waals surface area contributed by atoms with E-state index in [4.69, 9.17) is 12.7 Å². The lowest BCUT2D eigenvalue weighted by atomic mass is 10.1. The Kier molecular flexibility index (Phi) is 5.39. The molecule has 0 aliphatic heterocycles. The van der Waals surface area contributed by atoms with Crippen LogP contribution in [-0.2, 0) is 11.2 Å². The molecule has 0 saturated carbocycles. The molecular weight excluding hydrogens is 218 g/mol. The van der Waals surface area contributed by atoms with Gasteiger partial charge in [-0.05, 0) is 43.9 Å². The summed E-state index contributed by atoms with van der Waals surface area (Å²) >= 11 is 1.21. The first-order valence-electron chi connectivity index (χ1n) is 5.35. The molecule has 0 saturated heterocycles. The van der Waals surface area contributed by atoms with Crippen molar-refractivity contribution in [2.45, 2.75) is 31.4 Å². The normalized spacial score (nSPS) is 12.4. The quantitative estimate of drug-likeness (QED) is 0.798. The van der Waals surface area contributed by atoms with E-state index in [2.05, 4.69) is 0 Å². The Hall–Kier alpha value is -0.960. The van der Waals surface area contributed by atoms with E-state index in [1.807, 2.05) is 24.3 Å². The Morgan fingerprint density at radius 3 is 2.62 bits per heavy atom. The van der Waals surface area contributed by atoms with E-state index < -0.39 is 0 Å². The van der Waals surface area contributed by atoms with Gasteiger partial charge < -0.3 is 5.73 Å². The number of nitrogen functional groups attached to an aromatic ring is 1. The SMILES string of the molecule is [CH]C(CCCc1ccc(N)cc1)SC(C)=O. The maximum absolute atomic E-state index is 10.8. The van der Waals surface area contributed by atoms with E-state index in [1.165, 1.54) is 17.3 Å². The van der Waals surface area contributed by atoms with E-state index in [-0.39, 0.29) is 10.4 Å². The van der Waals surface area contributed by atoms with Crippen molar-refractivity contribution in [3.05, 3.63) is 36.8 Å². The van der Waals surface area contributed by atoms with Crippen LogP contribution in [0.4, 0.5) is 5.69 Å². The van der Waals surface area contributed by atoms with Gasteiger partial charge in [0.2, 0.25) is 0 Å². The maximum Gasteiger partial charge on any atom is 0.186 e. The average Bonchev–Trinajstić information content (AvgIpc) is 2.20. The van der Waals surface area contributed by atoms with Crippen molar-refractivity contribution in [3.63, 3.8) is 0 Å². The highest BCUT2D eigenvalue weighted by atomic mass is 32.2. The highest BCUT2D eigenvalue weighted by molar-refractivity contribution is 8.14. The Morgan fingerprint density at radius 2 is 2.06 bits per heavy atom. The summed E-state index contributed by atoms with van der Waals surface area (Å²) in [6, 6.07) is 7.86. The van der Waals surface area contributed by atoms with Crippen LogP contribution < -0.4 is 5.73 Å². The Balaban J connectivity index is 2.25. The lowest BCUT2D eigenvalue weighted by Gasteiger charge is -2.08. The van der Waals surface area contributed by atoms with Crippen molar-refractivity contribution < 1.29 is 4.79 Å². The first kappa shape index (κ1) is 13.1. The van der Waals surface area contributed by atoms with Crippen LogP contribution in [0.25, 0.3) is 0 Å². The van der Waals surface area contributed by atoms with Gasteiger partial charge in [0.05, 0.1) is 0 Å². The fraction of sp³-hybridized carbons (Fsp3) is 0.385. The molecule has 1 aromatic rings. The fourth-order valence-corrected chi connectivity index (χ4v) is 2.17. The first-order valence-corrected chi connectivity index (χ1v) is 6.23. The van der Waals surface area contributed by atoms with Gasteiger partial charge >= 0.3 is 0 Å². The summed E-state index contributed by atoms with van der Waals surface area (Å²) in [4.78, 5) is 10.8. The summed E-state index contributed by atoms with van der Waals surface area (Å²) in [5.74, 6) is 0. The monoisotopic (exact) mass is 235 g/mol. The highest BCUT2D eigenvalue weighted by Gasteiger charge is 2.05. The van der Waals surface area contributed by atoms with Gasteiger partial charge in [0, 0.05) is 17.9 Å². The van der Waals surface area contributed by atoms with Crippen molar-refractivity contribution in [2.24, 2.45) is 0 Å². The Labute approximate surface area is 102 Å². The highest BCUT2D eigenvalue weighted by Crippen LogP contribution is 2.17. The summed E-state index contributed by atoms with van der Waals surface area (Å²) in [6.45, 7) is 7.33. The number of hydrogen-bond donors (Lipinski definition) is 1. The lowest BCUT2D eigenvalue weighted by molar-refractivity contribution is -0.109. The minimum absolute atomic E-state index is 0.0775. The van der Waals surface area contributed by atoms with E-state index in [0.717, 1.165) is 24.9 Å². The zero-order valence-corrected chi connectivity index (χ0v) is 10.3. The van der Waals surface area contributed by atoms with Crippen LogP contribution in [0, 0.1) is 6.92 Å². The number of hydrogen-bond acceptors (Lipinski definition) is 3. The van der Waals surface area contributed by atoms with E-state index in [9.17, 15) is 4.79 Å². The smallest absolute Gasteiger partial charge is 0.186 e. The summed E-state index contributed by atoms with van der Waals surface area (Å²) in [5.41, 5.74) is 7.64. The van der Waals surface area contributed by atoms with E-state index in [0.29, 0.717) is 0 Å². The van der Waals surface area contributed by atoms with Crippen molar-refractivity contribution >= 4 is 22.6 Å². The standard InChI is InChI=1S/C13H17NOS/c1-10(16-11(2)15)4-3-5-12-6-8-13(14)9-7-12/h1,6-10H,3-5,14H2,2H3. The number of carbonyl (C=O) groups is 1. The van der Waals surface area contributed by atoms with Gasteiger partial charge in [0.1, 0.15) is 0 Å². The molecule has 0 aromatic heterocycles. The van der Waals surface area contributed by atoms with Crippen molar-refractivity contribution in [1.29, 1.82) is 0 Å². The minimum atomic E-state index is -0.0775. The van der Waals surface area contributed by atoms with Gasteiger partial charge in [-0.2, -0.15) is 0 Å². The third-order valence-corrected chi connectivity index (χ3v) is 3.12. The molecule has 2 N–H and O–H groups in total. The molecule has 0 aliphatic rings. The van der Waals surface area contributed by atoms with Crippen LogP contribution in [-0.4, -0.2) is 10.4 Å². The van der Waals surface area contributed by atoms with Crippen molar-refractivity contribution in [1.82, 2.24) is 0 Å². The number of rotatable bonds is 5. The second-order valence-corrected chi connectivity index (χ2v) is 5.20. The van der Waals surface area contributed by atoms with Crippen LogP contribution in [0.2, 0.25) is 0 Å². The van der Waals surface area contributed by atoms with Gasteiger partial charge in [-0.3, -0.25) is 4.79 Å². The molecule has 16 heavy (non-hydrogen) atoms. The molecule has 0 heterocycles. The molecule has 3 heteroatoms. The third-order valence-electron chi connectivity index (χ3n) is 2.25. The summed E-state index contributed by atoms with van der Waals surface area (Å²) in [5, 5.41) is 0.00580. The van der Waals surface area contributed by atoms with Gasteiger partial charge in [-0.15, -0.1) is 0 Å². The zero-order valence-electron chi connectivity index (χ0n) is 9.48. The topological polar surface area (TPSA) is 43.1 Å². The van der Waals surface area contributed by atoms with Gasteiger partial charge in [-0.1, -0.05) is 23.9 Å². The van der Waals surface area contributed by atoms with Crippen molar-refractivity contribution in [2.75, 3.05) is 5.73 Å². The lowest BCUT2D eigenvalue weighted by Crippen LogP contribution is -2.01. The number of benzene rings is 1. The molecule has 0 fully saturated rings. The predicted molar refractivity (Wildman–Crippen MR) is 70.2 cm³/mol. The van der Waals surface area contributed by atoms with E-state index >= 15 is 0 Å². The second kappa shape index (κ2) is 6.59. The maximum atomic E-state index is 10.8. The first-order chi connectivity index (χ1) is 7.58. The van der Waals surface area contributed by atoms with Gasteiger partial charge in [-0.25, -0.2) is 0 Å². The Morgan fingerprint density at radius 1 is 1.44 bits per heavy atom. The predicted octanol–water partition coefficient (Wildman–Crippen LogP) is 2.95. The Bertz CT molecular complexity index is 334. The molecule has 86 valence electrons. The molecule has 0 amide bonds. The molecule has 1 unspecified atom stereocenters. The molecule has 2 radical (unpaired) electrons. The zero-order chi connectivity index (χ0) is 12.0. The molecule has 1 atom stereocenters. The average molecular weight is 235 g/mol. The number of aryl methyl sites for hydroxylation is 1. The number of thioether (sulfide) groups is 1. The van der Waals surface area contributed by atoms with Crippen LogP contribution in [0.15, 0.2) is 24.3 Å². The number of carbonyl (C=O) groups excluding carboxylic acids is 1. The molecule has 0 aliphatic carbocycles. The summed E-state index contributed by atoms with van der Waals surface area (Å²) in [7, 11) is 0. The van der Waals surface area contributed by atoms with Crippen LogP contribution >= 0.6 is 11.8 Å². The second-order valence-electron chi connectivity index (χ2n) is 3.78. The molecule has 2 nitrogen and oxygen atoms in total. The van der Waals surface area contributed by atoms with Crippen LogP contribution in [0.3, 0.4) is 0 Å². The van der Waals surface area contributed by atoms with Crippen molar-refractivity contribution in [3.8, 4) is 0 Å². The van der Waals surface area contributed by atoms with Crippen LogP contribution in [0.5, 0.6) is 0 Å². The summed E-state index contributed by atoms with van der Waals surface area (Å²) in [6.07, 6.45) is 2.83. The molecule has 1 aromatic carbocycles. The molecule has 0 bridgehead atoms.